The smallest absolute Gasteiger partial charge is 0.125 e. The van der Waals surface area contributed by atoms with Crippen LogP contribution in [-0.2, 0) is 13.5 Å². The summed E-state index contributed by atoms with van der Waals surface area (Å²) >= 11 is 3.67. The summed E-state index contributed by atoms with van der Waals surface area (Å²) in [5.74, 6) is -0.186. The number of hydrogen-bond donors (Lipinski definition) is 1. The molecule has 1 unspecified atom stereocenters. The molecule has 0 aliphatic carbocycles. The monoisotopic (exact) mass is 339 g/mol. The maximum absolute atomic E-state index is 13.4. The van der Waals surface area contributed by atoms with Crippen LogP contribution in [0.4, 0.5) is 4.39 Å². The number of likely N-dealkylation sites (N-methyl/N-ethyl adjacent to an activating group) is 1. The second-order valence-corrected chi connectivity index (χ2v) is 6.28. The second kappa shape index (κ2) is 5.47. The fourth-order valence-electron chi connectivity index (χ4n) is 2.98. The van der Waals surface area contributed by atoms with Gasteiger partial charge in [0, 0.05) is 38.1 Å². The number of hydrogen-bond acceptors (Lipinski definition) is 2. The highest BCUT2D eigenvalue weighted by Gasteiger charge is 2.23. The maximum Gasteiger partial charge on any atom is 0.125 e. The van der Waals surface area contributed by atoms with Gasteiger partial charge in [-0.15, -0.1) is 0 Å². The minimum atomic E-state index is -0.186. The van der Waals surface area contributed by atoms with Gasteiger partial charge in [-0.2, -0.15) is 0 Å². The van der Waals surface area contributed by atoms with Gasteiger partial charge in [0.1, 0.15) is 5.82 Å². The van der Waals surface area contributed by atoms with E-state index in [1.54, 1.807) is 12.1 Å². The minimum absolute atomic E-state index is 0.186. The van der Waals surface area contributed by atoms with E-state index < -0.39 is 0 Å². The van der Waals surface area contributed by atoms with E-state index in [1.807, 2.05) is 17.7 Å². The molecule has 0 radical (unpaired) electrons. The van der Waals surface area contributed by atoms with Crippen LogP contribution < -0.4 is 5.32 Å². The van der Waals surface area contributed by atoms with Gasteiger partial charge in [0.25, 0.3) is 0 Å². The Kier molecular flexibility index (Phi) is 3.84. The molecule has 108 valence electrons. The van der Waals surface area contributed by atoms with E-state index in [-0.39, 0.29) is 5.82 Å². The Balaban J connectivity index is 2.00. The zero-order valence-corrected chi connectivity index (χ0v) is 13.4. The lowest BCUT2D eigenvalue weighted by Crippen LogP contribution is -2.50. The molecule has 2 heterocycles. The summed E-state index contributed by atoms with van der Waals surface area (Å²) in [6, 6.07) is 5.52. The maximum atomic E-state index is 13.4. The molecule has 5 heteroatoms. The molecule has 20 heavy (non-hydrogen) atoms. The van der Waals surface area contributed by atoms with E-state index in [2.05, 4.69) is 33.2 Å². The second-order valence-electron chi connectivity index (χ2n) is 5.53. The van der Waals surface area contributed by atoms with Crippen LogP contribution in [0.1, 0.15) is 5.56 Å². The fraction of sp³-hybridized carbons (Fsp3) is 0.467. The van der Waals surface area contributed by atoms with Gasteiger partial charge in [0.15, 0.2) is 0 Å². The summed E-state index contributed by atoms with van der Waals surface area (Å²) in [6.45, 7) is 3.12. The van der Waals surface area contributed by atoms with Crippen LogP contribution in [0.25, 0.3) is 10.9 Å². The van der Waals surface area contributed by atoms with Gasteiger partial charge < -0.3 is 14.8 Å². The highest BCUT2D eigenvalue weighted by Crippen LogP contribution is 2.31. The van der Waals surface area contributed by atoms with Gasteiger partial charge >= 0.3 is 0 Å². The van der Waals surface area contributed by atoms with Crippen LogP contribution >= 0.6 is 15.9 Å². The van der Waals surface area contributed by atoms with Crippen LogP contribution in [0.5, 0.6) is 0 Å². The van der Waals surface area contributed by atoms with Crippen molar-refractivity contribution < 1.29 is 4.39 Å². The zero-order chi connectivity index (χ0) is 14.3. The molecule has 1 N–H and O–H groups in total. The van der Waals surface area contributed by atoms with Gasteiger partial charge in [0.2, 0.25) is 0 Å². The number of aromatic nitrogens is 1. The third kappa shape index (κ3) is 2.38. The Morgan fingerprint density at radius 2 is 2.20 bits per heavy atom. The average molecular weight is 340 g/mol. The zero-order valence-electron chi connectivity index (χ0n) is 11.8. The van der Waals surface area contributed by atoms with E-state index in [0.717, 1.165) is 41.6 Å². The van der Waals surface area contributed by atoms with Gasteiger partial charge in [-0.25, -0.2) is 4.39 Å². The summed E-state index contributed by atoms with van der Waals surface area (Å²) in [5, 5.41) is 4.58. The molecule has 1 fully saturated rings. The number of fused-ring (bicyclic) bond motifs is 1. The summed E-state index contributed by atoms with van der Waals surface area (Å²) in [7, 11) is 4.14. The van der Waals surface area contributed by atoms with Crippen molar-refractivity contribution in [2.75, 3.05) is 26.7 Å². The Morgan fingerprint density at radius 1 is 1.40 bits per heavy atom. The lowest BCUT2D eigenvalue weighted by atomic mass is 10.0. The summed E-state index contributed by atoms with van der Waals surface area (Å²) < 4.78 is 16.5. The number of nitrogens with zero attached hydrogens (tertiary/aromatic N) is 2. The standard InChI is InChI=1S/C15H19BrFN3/c1-19-6-5-18-9-11(19)8-13-12-4-3-10(17)7-14(12)20(2)15(13)16/h3-4,7,11,18H,5-6,8-9H2,1-2H3. The number of aryl methyl sites for hydroxylation is 1. The Bertz CT molecular complexity index is 638. The number of benzene rings is 1. The van der Waals surface area contributed by atoms with Crippen LogP contribution in [-0.4, -0.2) is 42.2 Å². The van der Waals surface area contributed by atoms with Gasteiger partial charge in [-0.3, -0.25) is 0 Å². The molecule has 3 rings (SSSR count). The number of halogens is 2. The molecule has 0 spiro atoms. The molecule has 0 amide bonds. The predicted molar refractivity (Wildman–Crippen MR) is 83.6 cm³/mol. The first kappa shape index (κ1) is 14.0. The van der Waals surface area contributed by atoms with Crippen molar-refractivity contribution in [1.82, 2.24) is 14.8 Å². The normalized spacial score (nSPS) is 20.7. The molecular weight excluding hydrogens is 321 g/mol. The average Bonchev–Trinajstić information content (AvgIpc) is 2.66. The first-order valence-electron chi connectivity index (χ1n) is 6.91. The van der Waals surface area contributed by atoms with Gasteiger partial charge in [-0.1, -0.05) is 0 Å². The third-order valence-electron chi connectivity index (χ3n) is 4.27. The summed E-state index contributed by atoms with van der Waals surface area (Å²) in [5.41, 5.74) is 2.21. The van der Waals surface area contributed by atoms with Crippen molar-refractivity contribution in [3.05, 3.63) is 34.2 Å². The van der Waals surface area contributed by atoms with E-state index in [9.17, 15) is 4.39 Å². The van der Waals surface area contributed by atoms with Gasteiger partial charge in [-0.05, 0) is 53.2 Å². The summed E-state index contributed by atoms with van der Waals surface area (Å²) in [4.78, 5) is 2.39. The highest BCUT2D eigenvalue weighted by atomic mass is 79.9. The molecule has 1 aliphatic rings. The van der Waals surface area contributed by atoms with E-state index in [4.69, 9.17) is 0 Å². The van der Waals surface area contributed by atoms with Gasteiger partial charge in [0.05, 0.1) is 10.1 Å². The first-order valence-corrected chi connectivity index (χ1v) is 7.70. The van der Waals surface area contributed by atoms with Crippen molar-refractivity contribution in [2.45, 2.75) is 12.5 Å². The van der Waals surface area contributed by atoms with E-state index in [0.29, 0.717) is 6.04 Å². The third-order valence-corrected chi connectivity index (χ3v) is 5.28. The quantitative estimate of drug-likeness (QED) is 0.907. The Labute approximate surface area is 126 Å². The largest absolute Gasteiger partial charge is 0.338 e. The van der Waals surface area contributed by atoms with Crippen molar-refractivity contribution in [3.63, 3.8) is 0 Å². The molecule has 1 atom stereocenters. The lowest BCUT2D eigenvalue weighted by molar-refractivity contribution is 0.199. The molecule has 1 aromatic carbocycles. The van der Waals surface area contributed by atoms with E-state index in [1.165, 1.54) is 5.56 Å². The van der Waals surface area contributed by atoms with Crippen molar-refractivity contribution in [1.29, 1.82) is 0 Å². The molecule has 1 saturated heterocycles. The molecule has 1 aromatic heterocycles. The SMILES string of the molecule is CN1CCNCC1Cc1c(Br)n(C)c2cc(F)ccc12. The number of nitrogens with one attached hydrogen (secondary N) is 1. The first-order chi connectivity index (χ1) is 9.58. The summed E-state index contributed by atoms with van der Waals surface area (Å²) in [6.07, 6.45) is 0.965. The fourth-order valence-corrected chi connectivity index (χ4v) is 3.54. The van der Waals surface area contributed by atoms with Crippen molar-refractivity contribution in [3.8, 4) is 0 Å². The molecule has 3 nitrogen and oxygen atoms in total. The Morgan fingerprint density at radius 3 is 2.95 bits per heavy atom. The number of rotatable bonds is 2. The molecular formula is C15H19BrFN3. The Hall–Kier alpha value is -0.910. The van der Waals surface area contributed by atoms with E-state index >= 15 is 0 Å². The van der Waals surface area contributed by atoms with Crippen molar-refractivity contribution in [2.24, 2.45) is 7.05 Å². The van der Waals surface area contributed by atoms with Crippen LogP contribution in [0.3, 0.4) is 0 Å². The van der Waals surface area contributed by atoms with Crippen LogP contribution in [0.15, 0.2) is 22.8 Å². The van der Waals surface area contributed by atoms with Crippen molar-refractivity contribution >= 4 is 26.8 Å². The van der Waals surface area contributed by atoms with Crippen LogP contribution in [0, 0.1) is 5.82 Å². The predicted octanol–water partition coefficient (Wildman–Crippen LogP) is 2.53. The topological polar surface area (TPSA) is 20.2 Å². The highest BCUT2D eigenvalue weighted by molar-refractivity contribution is 9.10. The number of piperazine rings is 1. The minimum Gasteiger partial charge on any atom is -0.338 e. The van der Waals surface area contributed by atoms with Crippen LogP contribution in [0.2, 0.25) is 0 Å². The molecule has 0 saturated carbocycles. The lowest BCUT2D eigenvalue weighted by Gasteiger charge is -2.33. The molecule has 2 aromatic rings. The molecule has 0 bridgehead atoms. The molecule has 1 aliphatic heterocycles.